The summed E-state index contributed by atoms with van der Waals surface area (Å²) in [6.07, 6.45) is 0.607. The molecule has 19 heavy (non-hydrogen) atoms. The van der Waals surface area contributed by atoms with Gasteiger partial charge in [0, 0.05) is 11.6 Å². The SMILES string of the molecule is CC(C)CC(NCCOc1ccc(Cl)cc1)C(=O)O. The average molecular weight is 286 g/mol. The maximum atomic E-state index is 11.0. The molecule has 0 bridgehead atoms. The van der Waals surface area contributed by atoms with Gasteiger partial charge in [0.05, 0.1) is 0 Å². The zero-order valence-electron chi connectivity index (χ0n) is 11.2. The summed E-state index contributed by atoms with van der Waals surface area (Å²) >= 11 is 5.76. The lowest BCUT2D eigenvalue weighted by molar-refractivity contribution is -0.139. The molecule has 1 unspecified atom stereocenters. The number of carbonyl (C=O) groups is 1. The highest BCUT2D eigenvalue weighted by Crippen LogP contribution is 2.15. The Bertz CT molecular complexity index is 392. The lowest BCUT2D eigenvalue weighted by atomic mass is 10.0. The van der Waals surface area contributed by atoms with Crippen LogP contribution in [0, 0.1) is 5.92 Å². The minimum Gasteiger partial charge on any atom is -0.492 e. The van der Waals surface area contributed by atoms with Gasteiger partial charge in [-0.1, -0.05) is 25.4 Å². The molecule has 0 radical (unpaired) electrons. The Labute approximate surface area is 118 Å². The smallest absolute Gasteiger partial charge is 0.320 e. The van der Waals surface area contributed by atoms with E-state index in [2.05, 4.69) is 5.32 Å². The van der Waals surface area contributed by atoms with Crippen LogP contribution in [0.25, 0.3) is 0 Å². The van der Waals surface area contributed by atoms with Crippen LogP contribution in [0.1, 0.15) is 20.3 Å². The molecule has 0 aliphatic carbocycles. The molecule has 1 atom stereocenters. The molecule has 0 aliphatic heterocycles. The van der Waals surface area contributed by atoms with Gasteiger partial charge in [-0.2, -0.15) is 0 Å². The molecular formula is C14H20ClNO3. The first-order valence-electron chi connectivity index (χ1n) is 6.33. The van der Waals surface area contributed by atoms with Crippen LogP contribution in [0.2, 0.25) is 5.02 Å². The van der Waals surface area contributed by atoms with Crippen molar-refractivity contribution in [1.82, 2.24) is 5.32 Å². The maximum Gasteiger partial charge on any atom is 0.320 e. The predicted octanol–water partition coefficient (Wildman–Crippen LogP) is 2.81. The molecule has 0 fully saturated rings. The first-order chi connectivity index (χ1) is 8.99. The van der Waals surface area contributed by atoms with E-state index in [1.807, 2.05) is 13.8 Å². The number of carboxylic acids is 1. The van der Waals surface area contributed by atoms with Crippen LogP contribution in [0.3, 0.4) is 0 Å². The molecule has 1 aromatic carbocycles. The quantitative estimate of drug-likeness (QED) is 0.721. The lowest BCUT2D eigenvalue weighted by Crippen LogP contribution is -2.39. The van der Waals surface area contributed by atoms with Crippen molar-refractivity contribution in [3.63, 3.8) is 0 Å². The molecular weight excluding hydrogens is 266 g/mol. The van der Waals surface area contributed by atoms with Crippen molar-refractivity contribution in [3.8, 4) is 5.75 Å². The standard InChI is InChI=1S/C14H20ClNO3/c1-10(2)9-13(14(17)18)16-7-8-19-12-5-3-11(15)4-6-12/h3-6,10,13,16H,7-9H2,1-2H3,(H,17,18). The zero-order chi connectivity index (χ0) is 14.3. The second-order valence-corrected chi connectivity index (χ2v) is 5.21. The molecule has 2 N–H and O–H groups in total. The fourth-order valence-corrected chi connectivity index (χ4v) is 1.80. The van der Waals surface area contributed by atoms with Crippen LogP contribution in [0.15, 0.2) is 24.3 Å². The Balaban J connectivity index is 2.28. The number of hydrogen-bond donors (Lipinski definition) is 2. The highest BCUT2D eigenvalue weighted by atomic mass is 35.5. The zero-order valence-corrected chi connectivity index (χ0v) is 12.0. The van der Waals surface area contributed by atoms with Crippen molar-refractivity contribution in [2.24, 2.45) is 5.92 Å². The van der Waals surface area contributed by atoms with Crippen LogP contribution in [-0.2, 0) is 4.79 Å². The van der Waals surface area contributed by atoms with E-state index in [1.165, 1.54) is 0 Å². The summed E-state index contributed by atoms with van der Waals surface area (Å²) in [4.78, 5) is 11.0. The molecule has 0 aliphatic rings. The summed E-state index contributed by atoms with van der Waals surface area (Å²) in [7, 11) is 0. The summed E-state index contributed by atoms with van der Waals surface area (Å²) in [5.74, 6) is 0.243. The van der Waals surface area contributed by atoms with Gasteiger partial charge in [-0.3, -0.25) is 4.79 Å². The predicted molar refractivity (Wildman–Crippen MR) is 75.8 cm³/mol. The maximum absolute atomic E-state index is 11.0. The van der Waals surface area contributed by atoms with Gasteiger partial charge in [-0.25, -0.2) is 0 Å². The average Bonchev–Trinajstić information content (AvgIpc) is 2.34. The van der Waals surface area contributed by atoms with E-state index in [1.54, 1.807) is 24.3 Å². The van der Waals surface area contributed by atoms with E-state index in [0.29, 0.717) is 30.5 Å². The van der Waals surface area contributed by atoms with E-state index in [4.69, 9.17) is 21.4 Å². The van der Waals surface area contributed by atoms with Crippen molar-refractivity contribution in [1.29, 1.82) is 0 Å². The van der Waals surface area contributed by atoms with Crippen LogP contribution in [0.5, 0.6) is 5.75 Å². The van der Waals surface area contributed by atoms with Gasteiger partial charge in [0.2, 0.25) is 0 Å². The molecule has 1 rings (SSSR count). The molecule has 0 saturated heterocycles. The van der Waals surface area contributed by atoms with Gasteiger partial charge in [-0.15, -0.1) is 0 Å². The Morgan fingerprint density at radius 3 is 2.53 bits per heavy atom. The van der Waals surface area contributed by atoms with E-state index >= 15 is 0 Å². The Morgan fingerprint density at radius 1 is 1.37 bits per heavy atom. The van der Waals surface area contributed by atoms with Gasteiger partial charge < -0.3 is 15.2 Å². The van der Waals surface area contributed by atoms with Crippen LogP contribution in [0.4, 0.5) is 0 Å². The number of benzene rings is 1. The topological polar surface area (TPSA) is 58.6 Å². The largest absolute Gasteiger partial charge is 0.492 e. The number of rotatable bonds is 8. The second kappa shape index (κ2) is 8.02. The van der Waals surface area contributed by atoms with E-state index < -0.39 is 12.0 Å². The Hall–Kier alpha value is -1.26. The third-order valence-corrected chi connectivity index (χ3v) is 2.83. The summed E-state index contributed by atoms with van der Waals surface area (Å²) in [6.45, 7) is 4.92. The normalized spacial score (nSPS) is 12.4. The van der Waals surface area contributed by atoms with Crippen molar-refractivity contribution in [2.75, 3.05) is 13.2 Å². The summed E-state index contributed by atoms with van der Waals surface area (Å²) in [5.41, 5.74) is 0. The second-order valence-electron chi connectivity index (χ2n) is 4.78. The van der Waals surface area contributed by atoms with Gasteiger partial charge in [-0.05, 0) is 36.6 Å². The summed E-state index contributed by atoms with van der Waals surface area (Å²) in [5, 5.41) is 12.7. The summed E-state index contributed by atoms with van der Waals surface area (Å²) in [6, 6.07) is 6.55. The minimum atomic E-state index is -0.819. The van der Waals surface area contributed by atoms with Crippen molar-refractivity contribution >= 4 is 17.6 Å². The molecule has 106 valence electrons. The highest BCUT2D eigenvalue weighted by Gasteiger charge is 2.17. The molecule has 0 saturated carbocycles. The van der Waals surface area contributed by atoms with Gasteiger partial charge in [0.25, 0.3) is 0 Å². The van der Waals surface area contributed by atoms with Gasteiger partial charge >= 0.3 is 5.97 Å². The van der Waals surface area contributed by atoms with Crippen molar-refractivity contribution < 1.29 is 14.6 Å². The number of nitrogens with one attached hydrogen (secondary N) is 1. The van der Waals surface area contributed by atoms with Crippen molar-refractivity contribution in [2.45, 2.75) is 26.3 Å². The lowest BCUT2D eigenvalue weighted by Gasteiger charge is -2.16. The molecule has 0 amide bonds. The first kappa shape index (κ1) is 15.8. The van der Waals surface area contributed by atoms with Gasteiger partial charge in [0.1, 0.15) is 18.4 Å². The molecule has 4 nitrogen and oxygen atoms in total. The van der Waals surface area contributed by atoms with E-state index in [9.17, 15) is 4.79 Å². The number of ether oxygens (including phenoxy) is 1. The van der Waals surface area contributed by atoms with Crippen LogP contribution < -0.4 is 10.1 Å². The third kappa shape index (κ3) is 6.45. The van der Waals surface area contributed by atoms with Gasteiger partial charge in [0.15, 0.2) is 0 Å². The Morgan fingerprint density at radius 2 is 2.00 bits per heavy atom. The monoisotopic (exact) mass is 285 g/mol. The Kier molecular flexibility index (Phi) is 6.67. The molecule has 0 heterocycles. The fourth-order valence-electron chi connectivity index (χ4n) is 1.68. The first-order valence-corrected chi connectivity index (χ1v) is 6.71. The molecule has 0 aromatic heterocycles. The van der Waals surface area contributed by atoms with Crippen LogP contribution >= 0.6 is 11.6 Å². The number of hydrogen-bond acceptors (Lipinski definition) is 3. The molecule has 0 spiro atoms. The number of aliphatic carboxylic acids is 1. The minimum absolute atomic E-state index is 0.339. The van der Waals surface area contributed by atoms with E-state index in [-0.39, 0.29) is 0 Å². The van der Waals surface area contributed by atoms with Crippen LogP contribution in [-0.4, -0.2) is 30.3 Å². The highest BCUT2D eigenvalue weighted by molar-refractivity contribution is 6.30. The van der Waals surface area contributed by atoms with Crippen molar-refractivity contribution in [3.05, 3.63) is 29.3 Å². The summed E-state index contributed by atoms with van der Waals surface area (Å²) < 4.78 is 5.48. The third-order valence-electron chi connectivity index (χ3n) is 2.58. The number of halogens is 1. The molecule has 1 aromatic rings. The molecule has 5 heteroatoms. The van der Waals surface area contributed by atoms with E-state index in [0.717, 1.165) is 5.75 Å². The number of carboxylic acid groups (broad SMARTS) is 1. The fraction of sp³-hybridized carbons (Fsp3) is 0.500.